The van der Waals surface area contributed by atoms with Crippen LogP contribution >= 0.6 is 0 Å². The SMILES string of the molecule is CC=CC(C)(F)c1ccc(N2CCC(Oc3ccc(C(=O)NC4CCNC4)nc3)CC2)cc1. The third-order valence-corrected chi connectivity index (χ3v) is 6.39. The van der Waals surface area contributed by atoms with Gasteiger partial charge < -0.3 is 20.3 Å². The molecule has 2 aliphatic rings. The second kappa shape index (κ2) is 10.3. The Bertz CT molecular complexity index is 945. The summed E-state index contributed by atoms with van der Waals surface area (Å²) in [5, 5.41) is 6.23. The summed E-state index contributed by atoms with van der Waals surface area (Å²) < 4.78 is 20.8. The molecule has 2 fully saturated rings. The predicted octanol–water partition coefficient (Wildman–Crippen LogP) is 3.98. The van der Waals surface area contributed by atoms with E-state index in [0.29, 0.717) is 17.0 Å². The highest BCUT2D eigenvalue weighted by molar-refractivity contribution is 5.92. The molecule has 1 aromatic carbocycles. The molecule has 7 heteroatoms. The van der Waals surface area contributed by atoms with E-state index in [1.165, 1.54) is 0 Å². The average molecular weight is 453 g/mol. The lowest BCUT2D eigenvalue weighted by molar-refractivity contribution is 0.0935. The van der Waals surface area contributed by atoms with Crippen LogP contribution in [-0.2, 0) is 5.67 Å². The highest BCUT2D eigenvalue weighted by Gasteiger charge is 2.24. The number of allylic oxidation sites excluding steroid dienone is 2. The first kappa shape index (κ1) is 23.2. The van der Waals surface area contributed by atoms with Crippen molar-refractivity contribution >= 4 is 11.6 Å². The molecule has 2 unspecified atom stereocenters. The monoisotopic (exact) mass is 452 g/mol. The van der Waals surface area contributed by atoms with Gasteiger partial charge in [-0.1, -0.05) is 18.2 Å². The second-order valence-corrected chi connectivity index (χ2v) is 8.97. The fraction of sp³-hybridized carbons (Fsp3) is 0.462. The number of nitrogens with zero attached hydrogens (tertiary/aromatic N) is 2. The van der Waals surface area contributed by atoms with Crippen LogP contribution in [0.5, 0.6) is 5.75 Å². The van der Waals surface area contributed by atoms with Gasteiger partial charge in [0.2, 0.25) is 0 Å². The topological polar surface area (TPSA) is 66.5 Å². The van der Waals surface area contributed by atoms with Crippen molar-refractivity contribution < 1.29 is 13.9 Å². The smallest absolute Gasteiger partial charge is 0.270 e. The lowest BCUT2D eigenvalue weighted by Gasteiger charge is -2.34. The van der Waals surface area contributed by atoms with Gasteiger partial charge in [-0.05, 0) is 62.7 Å². The summed E-state index contributed by atoms with van der Waals surface area (Å²) in [5.41, 5.74) is 0.716. The van der Waals surface area contributed by atoms with Crippen molar-refractivity contribution in [1.29, 1.82) is 0 Å². The average Bonchev–Trinajstić information content (AvgIpc) is 3.33. The van der Waals surface area contributed by atoms with Crippen LogP contribution in [0.2, 0.25) is 0 Å². The normalized spacial score (nSPS) is 21.2. The number of ether oxygens (including phenoxy) is 1. The lowest BCUT2D eigenvalue weighted by Crippen LogP contribution is -2.38. The number of aromatic nitrogens is 1. The number of halogens is 1. The van der Waals surface area contributed by atoms with Gasteiger partial charge in [0.15, 0.2) is 5.67 Å². The molecule has 0 radical (unpaired) electrons. The fourth-order valence-corrected chi connectivity index (χ4v) is 4.45. The van der Waals surface area contributed by atoms with Crippen molar-refractivity contribution in [1.82, 2.24) is 15.6 Å². The van der Waals surface area contributed by atoms with Crippen LogP contribution in [0.25, 0.3) is 0 Å². The molecule has 33 heavy (non-hydrogen) atoms. The molecule has 2 aromatic rings. The van der Waals surface area contributed by atoms with Gasteiger partial charge in [-0.15, -0.1) is 0 Å². The molecule has 0 bridgehead atoms. The minimum Gasteiger partial charge on any atom is -0.489 e. The fourth-order valence-electron chi connectivity index (χ4n) is 4.45. The van der Waals surface area contributed by atoms with Gasteiger partial charge in [-0.2, -0.15) is 0 Å². The Hall–Kier alpha value is -2.93. The number of alkyl halides is 1. The van der Waals surface area contributed by atoms with Crippen molar-refractivity contribution in [3.8, 4) is 5.75 Å². The van der Waals surface area contributed by atoms with Crippen molar-refractivity contribution in [2.24, 2.45) is 0 Å². The Balaban J connectivity index is 1.26. The van der Waals surface area contributed by atoms with Crippen LogP contribution in [0.1, 0.15) is 49.2 Å². The Morgan fingerprint density at radius 1 is 1.21 bits per heavy atom. The van der Waals surface area contributed by atoms with Crippen molar-refractivity contribution in [3.63, 3.8) is 0 Å². The van der Waals surface area contributed by atoms with Gasteiger partial charge in [0.25, 0.3) is 5.91 Å². The van der Waals surface area contributed by atoms with Gasteiger partial charge in [0, 0.05) is 44.2 Å². The van der Waals surface area contributed by atoms with E-state index in [-0.39, 0.29) is 18.1 Å². The number of hydrogen-bond acceptors (Lipinski definition) is 5. The number of rotatable bonds is 7. The first-order valence-corrected chi connectivity index (χ1v) is 11.8. The number of benzene rings is 1. The van der Waals surface area contributed by atoms with Gasteiger partial charge >= 0.3 is 0 Å². The summed E-state index contributed by atoms with van der Waals surface area (Å²) in [6, 6.07) is 11.4. The minimum absolute atomic E-state index is 0.107. The maximum absolute atomic E-state index is 14.7. The van der Waals surface area contributed by atoms with E-state index in [4.69, 9.17) is 4.74 Å². The number of anilines is 1. The number of hydrogen-bond donors (Lipinski definition) is 2. The molecule has 6 nitrogen and oxygen atoms in total. The molecule has 0 saturated carbocycles. The Morgan fingerprint density at radius 2 is 1.97 bits per heavy atom. The maximum atomic E-state index is 14.7. The van der Waals surface area contributed by atoms with E-state index < -0.39 is 5.67 Å². The van der Waals surface area contributed by atoms with E-state index in [2.05, 4.69) is 20.5 Å². The Labute approximate surface area is 195 Å². The first-order chi connectivity index (χ1) is 15.9. The predicted molar refractivity (Wildman–Crippen MR) is 129 cm³/mol. The number of carbonyl (C=O) groups excluding carboxylic acids is 1. The highest BCUT2D eigenvalue weighted by Crippen LogP contribution is 2.30. The third-order valence-electron chi connectivity index (χ3n) is 6.39. The Kier molecular flexibility index (Phi) is 7.28. The van der Waals surface area contributed by atoms with Gasteiger partial charge in [0.1, 0.15) is 17.5 Å². The first-order valence-electron chi connectivity index (χ1n) is 11.8. The molecular weight excluding hydrogens is 419 g/mol. The minimum atomic E-state index is -1.45. The molecule has 176 valence electrons. The van der Waals surface area contributed by atoms with Crippen molar-refractivity contribution in [2.75, 3.05) is 31.1 Å². The molecule has 0 spiro atoms. The zero-order valence-electron chi connectivity index (χ0n) is 19.4. The molecule has 2 saturated heterocycles. The third kappa shape index (κ3) is 5.90. The molecule has 1 aromatic heterocycles. The standard InChI is InChI=1S/C26H33FN4O2/c1-3-13-26(2,27)19-4-6-21(7-5-19)31-15-11-22(12-16-31)33-23-8-9-24(29-18-23)25(32)30-20-10-14-28-17-20/h3-9,13,18,20,22,28H,10-12,14-17H2,1-2H3,(H,30,32). The van der Waals surface area contributed by atoms with E-state index >= 15 is 0 Å². The number of amides is 1. The highest BCUT2D eigenvalue weighted by atomic mass is 19.1. The Morgan fingerprint density at radius 3 is 2.58 bits per heavy atom. The van der Waals surface area contributed by atoms with Gasteiger partial charge in [-0.25, -0.2) is 9.37 Å². The number of pyridine rings is 1. The lowest BCUT2D eigenvalue weighted by atomic mass is 9.97. The number of piperidine rings is 1. The molecule has 2 atom stereocenters. The zero-order chi connectivity index (χ0) is 23.3. The van der Waals surface area contributed by atoms with Crippen molar-refractivity contribution in [3.05, 3.63) is 66.0 Å². The van der Waals surface area contributed by atoms with Crippen molar-refractivity contribution in [2.45, 2.75) is 50.9 Å². The van der Waals surface area contributed by atoms with Crippen LogP contribution < -0.4 is 20.3 Å². The summed E-state index contributed by atoms with van der Waals surface area (Å²) in [5.74, 6) is 0.538. The molecule has 4 rings (SSSR count). The summed E-state index contributed by atoms with van der Waals surface area (Å²) in [4.78, 5) is 18.9. The zero-order valence-corrected chi connectivity index (χ0v) is 19.4. The largest absolute Gasteiger partial charge is 0.489 e. The molecule has 1 amide bonds. The van der Waals surface area contributed by atoms with Gasteiger partial charge in [-0.3, -0.25) is 4.79 Å². The molecule has 2 N–H and O–H groups in total. The van der Waals surface area contributed by atoms with Crippen LogP contribution in [0, 0.1) is 0 Å². The van der Waals surface area contributed by atoms with E-state index in [1.807, 2.05) is 37.3 Å². The van der Waals surface area contributed by atoms with Crippen LogP contribution in [0.15, 0.2) is 54.7 Å². The van der Waals surface area contributed by atoms with E-state index in [1.54, 1.807) is 31.3 Å². The quantitative estimate of drug-likeness (QED) is 0.622. The molecular formula is C26H33FN4O2. The maximum Gasteiger partial charge on any atom is 0.270 e. The summed E-state index contributed by atoms with van der Waals surface area (Å²) >= 11 is 0. The van der Waals surface area contributed by atoms with E-state index in [0.717, 1.165) is 51.1 Å². The number of nitrogens with one attached hydrogen (secondary N) is 2. The summed E-state index contributed by atoms with van der Waals surface area (Å²) in [6.07, 6.45) is 7.77. The summed E-state index contributed by atoms with van der Waals surface area (Å²) in [6.45, 7) is 6.88. The van der Waals surface area contributed by atoms with Crippen LogP contribution in [-0.4, -0.2) is 49.2 Å². The molecule has 3 heterocycles. The molecule has 0 aliphatic carbocycles. The summed E-state index contributed by atoms with van der Waals surface area (Å²) in [7, 11) is 0. The number of carbonyl (C=O) groups is 1. The van der Waals surface area contributed by atoms with E-state index in [9.17, 15) is 9.18 Å². The van der Waals surface area contributed by atoms with Gasteiger partial charge in [0.05, 0.1) is 6.20 Å². The van der Waals surface area contributed by atoms with Crippen LogP contribution in [0.3, 0.4) is 0 Å². The molecule has 2 aliphatic heterocycles. The second-order valence-electron chi connectivity index (χ2n) is 8.97. The van der Waals surface area contributed by atoms with Crippen LogP contribution in [0.4, 0.5) is 10.1 Å².